The fourth-order valence-corrected chi connectivity index (χ4v) is 2.74. The number of carbonyl (C=O) groups is 2. The summed E-state index contributed by atoms with van der Waals surface area (Å²) < 4.78 is 0. The van der Waals surface area contributed by atoms with E-state index in [1.807, 2.05) is 13.8 Å². The molecule has 20 heavy (non-hydrogen) atoms. The summed E-state index contributed by atoms with van der Waals surface area (Å²) in [6, 6.07) is 3.33. The number of rotatable bonds is 3. The molecule has 0 amide bonds. The van der Waals surface area contributed by atoms with Crippen LogP contribution in [-0.4, -0.2) is 51.7 Å². The van der Waals surface area contributed by atoms with Gasteiger partial charge in [-0.15, -0.1) is 0 Å². The molecule has 5 heteroatoms. The van der Waals surface area contributed by atoms with Crippen molar-refractivity contribution in [3.63, 3.8) is 0 Å². The maximum atomic E-state index is 11.1. The molecule has 0 unspecified atom stereocenters. The van der Waals surface area contributed by atoms with Gasteiger partial charge in [-0.05, 0) is 41.5 Å². The van der Waals surface area contributed by atoms with E-state index in [2.05, 4.69) is 20.8 Å². The topological polar surface area (TPSA) is 74.6 Å². The van der Waals surface area contributed by atoms with Crippen LogP contribution >= 0.6 is 0 Å². The zero-order valence-corrected chi connectivity index (χ0v) is 11.9. The number of aryl methyl sites for hydroxylation is 2. The molecule has 0 aliphatic heterocycles. The minimum atomic E-state index is -1.51. The molecule has 106 valence electrons. The van der Waals surface area contributed by atoms with Crippen LogP contribution < -0.4 is 0 Å². The molecule has 0 aliphatic rings. The number of carboxylic acids is 2. The van der Waals surface area contributed by atoms with E-state index < -0.39 is 17.9 Å². The van der Waals surface area contributed by atoms with Gasteiger partial charge >= 0.3 is 41.5 Å². The normalized spacial score (nSPS) is 11.1. The average Bonchev–Trinajstić information content (AvgIpc) is 2.11. The summed E-state index contributed by atoms with van der Waals surface area (Å²) in [4.78, 5) is 22.1. The first-order valence-corrected chi connectivity index (χ1v) is 6.13. The Morgan fingerprint density at radius 3 is 1.60 bits per heavy atom. The first-order valence-electron chi connectivity index (χ1n) is 6.13. The van der Waals surface area contributed by atoms with E-state index in [1.54, 1.807) is 12.1 Å². The van der Waals surface area contributed by atoms with Gasteiger partial charge in [-0.2, -0.15) is 0 Å². The van der Waals surface area contributed by atoms with Crippen LogP contribution in [-0.2, 0) is 15.0 Å². The molecular formula is C15H21NaO4. The Balaban J connectivity index is 0.00000361. The van der Waals surface area contributed by atoms with Gasteiger partial charge in [0.1, 0.15) is 0 Å². The van der Waals surface area contributed by atoms with Crippen LogP contribution in [0.2, 0.25) is 0 Å². The van der Waals surface area contributed by atoms with Crippen molar-refractivity contribution in [3.05, 3.63) is 34.4 Å². The van der Waals surface area contributed by atoms with Gasteiger partial charge < -0.3 is 10.2 Å². The monoisotopic (exact) mass is 288 g/mol. The third-order valence-electron chi connectivity index (χ3n) is 3.13. The fourth-order valence-electron chi connectivity index (χ4n) is 2.74. The first-order chi connectivity index (χ1) is 8.55. The molecule has 0 fully saturated rings. The quantitative estimate of drug-likeness (QED) is 0.660. The van der Waals surface area contributed by atoms with Gasteiger partial charge in [0, 0.05) is 0 Å². The van der Waals surface area contributed by atoms with Crippen LogP contribution in [0.4, 0.5) is 0 Å². The second-order valence-corrected chi connectivity index (χ2v) is 5.89. The van der Waals surface area contributed by atoms with Gasteiger partial charge in [0.25, 0.3) is 0 Å². The van der Waals surface area contributed by atoms with Crippen molar-refractivity contribution >= 4 is 41.5 Å². The third kappa shape index (κ3) is 4.08. The van der Waals surface area contributed by atoms with Gasteiger partial charge in [0.2, 0.25) is 0 Å². The molecule has 0 heterocycles. The molecule has 1 aromatic carbocycles. The van der Waals surface area contributed by atoms with Crippen molar-refractivity contribution in [2.75, 3.05) is 0 Å². The standard InChI is InChI=1S/C15H20O4.Na.H/c1-8-6-10(11(13(16)17)14(18)19)7-9(2)12(8)15(3,4)5;;/h6-7,11H,1-5H3,(H,16,17)(H,18,19);;. The van der Waals surface area contributed by atoms with Crippen LogP contribution in [0.5, 0.6) is 0 Å². The summed E-state index contributed by atoms with van der Waals surface area (Å²) in [7, 11) is 0. The van der Waals surface area contributed by atoms with E-state index in [0.29, 0.717) is 5.56 Å². The molecule has 0 bridgehead atoms. The van der Waals surface area contributed by atoms with Crippen LogP contribution in [0, 0.1) is 13.8 Å². The van der Waals surface area contributed by atoms with E-state index in [9.17, 15) is 9.59 Å². The molecule has 0 aromatic heterocycles. The van der Waals surface area contributed by atoms with Gasteiger partial charge in [0.05, 0.1) is 0 Å². The Morgan fingerprint density at radius 2 is 1.35 bits per heavy atom. The molecule has 0 saturated carbocycles. The summed E-state index contributed by atoms with van der Waals surface area (Å²) in [6.07, 6.45) is 0. The second-order valence-electron chi connectivity index (χ2n) is 5.89. The fraction of sp³-hybridized carbons (Fsp3) is 0.467. The molecule has 1 rings (SSSR count). The van der Waals surface area contributed by atoms with Crippen LogP contribution in [0.15, 0.2) is 12.1 Å². The SMILES string of the molecule is Cc1cc(C(C(=O)O)C(=O)O)cc(C)c1C(C)(C)C.[NaH]. The van der Waals surface area contributed by atoms with Gasteiger partial charge in [-0.25, -0.2) is 0 Å². The van der Waals surface area contributed by atoms with E-state index in [-0.39, 0.29) is 35.0 Å². The molecule has 0 aliphatic carbocycles. The van der Waals surface area contributed by atoms with Crippen LogP contribution in [0.3, 0.4) is 0 Å². The summed E-state index contributed by atoms with van der Waals surface area (Å²) in [5.41, 5.74) is 3.24. The summed E-state index contributed by atoms with van der Waals surface area (Å²) >= 11 is 0. The second kappa shape index (κ2) is 6.74. The Morgan fingerprint density at radius 1 is 1.00 bits per heavy atom. The molecule has 2 N–H and O–H groups in total. The van der Waals surface area contributed by atoms with Crippen molar-refractivity contribution in [3.8, 4) is 0 Å². The van der Waals surface area contributed by atoms with Crippen molar-refractivity contribution in [2.45, 2.75) is 46.0 Å². The predicted molar refractivity (Wildman–Crippen MR) is 79.8 cm³/mol. The van der Waals surface area contributed by atoms with Gasteiger partial charge in [-0.3, -0.25) is 9.59 Å². The molecule has 4 nitrogen and oxygen atoms in total. The Hall–Kier alpha value is -0.840. The molecule has 1 aromatic rings. The molecular weight excluding hydrogens is 267 g/mol. The minimum absolute atomic E-state index is 0. The van der Waals surface area contributed by atoms with Crippen LogP contribution in [0.1, 0.15) is 48.9 Å². The zero-order chi connectivity index (χ0) is 15.0. The maximum absolute atomic E-state index is 11.1. The molecule has 0 spiro atoms. The van der Waals surface area contributed by atoms with Gasteiger partial charge in [0.15, 0.2) is 5.92 Å². The number of carboxylic acid groups (broad SMARTS) is 2. The van der Waals surface area contributed by atoms with Crippen molar-refractivity contribution in [1.82, 2.24) is 0 Å². The van der Waals surface area contributed by atoms with Crippen molar-refractivity contribution in [1.29, 1.82) is 0 Å². The van der Waals surface area contributed by atoms with E-state index >= 15 is 0 Å². The number of hydrogen-bond donors (Lipinski definition) is 2. The molecule has 0 radical (unpaired) electrons. The number of benzene rings is 1. The van der Waals surface area contributed by atoms with Crippen LogP contribution in [0.25, 0.3) is 0 Å². The summed E-state index contributed by atoms with van der Waals surface area (Å²) in [5, 5.41) is 18.1. The number of aliphatic carboxylic acids is 2. The third-order valence-corrected chi connectivity index (χ3v) is 3.13. The molecule has 0 atom stereocenters. The zero-order valence-electron chi connectivity index (χ0n) is 11.9. The first kappa shape index (κ1) is 19.2. The van der Waals surface area contributed by atoms with E-state index in [0.717, 1.165) is 16.7 Å². The molecule has 0 saturated heterocycles. The predicted octanol–water partition coefficient (Wildman–Crippen LogP) is 2.21. The van der Waals surface area contributed by atoms with E-state index in [4.69, 9.17) is 10.2 Å². The van der Waals surface area contributed by atoms with Crippen molar-refractivity contribution in [2.24, 2.45) is 0 Å². The summed E-state index contributed by atoms with van der Waals surface area (Å²) in [6.45, 7) is 10.0. The Kier molecular flexibility index (Phi) is 6.46. The van der Waals surface area contributed by atoms with E-state index in [1.165, 1.54) is 0 Å². The Labute approximate surface area is 141 Å². The number of hydrogen-bond acceptors (Lipinski definition) is 2. The van der Waals surface area contributed by atoms with Crippen molar-refractivity contribution < 1.29 is 19.8 Å². The average molecular weight is 288 g/mol. The summed E-state index contributed by atoms with van der Waals surface area (Å²) in [5.74, 6) is -4.18. The Bertz CT molecular complexity index is 492. The van der Waals surface area contributed by atoms with Gasteiger partial charge in [-0.1, -0.05) is 32.9 Å².